The molecule has 0 bridgehead atoms. The van der Waals surface area contributed by atoms with Gasteiger partial charge in [0.15, 0.2) is 0 Å². The minimum atomic E-state index is -0.590. The first-order chi connectivity index (χ1) is 8.62. The molecule has 1 saturated heterocycles. The van der Waals surface area contributed by atoms with Crippen molar-refractivity contribution in [1.82, 2.24) is 0 Å². The monoisotopic (exact) mass is 281 g/mol. The van der Waals surface area contributed by atoms with Crippen LogP contribution in [0.15, 0.2) is 24.3 Å². The molecule has 2 N–H and O–H groups in total. The van der Waals surface area contributed by atoms with Crippen LogP contribution in [0, 0.1) is 12.8 Å². The lowest BCUT2D eigenvalue weighted by Crippen LogP contribution is -3.18. The fourth-order valence-corrected chi connectivity index (χ4v) is 3.86. The van der Waals surface area contributed by atoms with Crippen molar-refractivity contribution in [3.05, 3.63) is 35.4 Å². The van der Waals surface area contributed by atoms with E-state index in [1.807, 2.05) is 0 Å². The molecule has 0 spiro atoms. The van der Waals surface area contributed by atoms with Crippen LogP contribution >= 0.6 is 0 Å². The molecule has 3 unspecified atom stereocenters. The zero-order chi connectivity index (χ0) is 12.8. The molecular weight excluding hydrogens is 258 g/mol. The predicted molar refractivity (Wildman–Crippen MR) is 72.6 cm³/mol. The molecule has 1 aliphatic heterocycles. The maximum atomic E-state index is 11.1. The Bertz CT molecular complexity index is 427. The zero-order valence-corrected chi connectivity index (χ0v) is 12.6. The van der Waals surface area contributed by atoms with Gasteiger partial charge in [0.05, 0.1) is 13.1 Å². The lowest BCUT2D eigenvalue weighted by atomic mass is 9.62. The average Bonchev–Trinajstić information content (AvgIpc) is 2.89. The maximum Gasteiger partial charge on any atom is 0.144 e. The largest absolute Gasteiger partial charge is 1.00 e. The van der Waals surface area contributed by atoms with E-state index in [1.54, 1.807) is 4.90 Å². The molecule has 0 aromatic heterocycles. The predicted octanol–water partition coefficient (Wildman–Crippen LogP) is -1.73. The zero-order valence-electron chi connectivity index (χ0n) is 11.8. The second-order valence-corrected chi connectivity index (χ2v) is 6.25. The summed E-state index contributed by atoms with van der Waals surface area (Å²) in [7, 11) is 0. The number of halogens is 1. The third-order valence-electron chi connectivity index (χ3n) is 5.12. The van der Waals surface area contributed by atoms with Crippen molar-refractivity contribution < 1.29 is 22.4 Å². The van der Waals surface area contributed by atoms with E-state index in [-0.39, 0.29) is 12.4 Å². The van der Waals surface area contributed by atoms with Crippen LogP contribution in [-0.4, -0.2) is 24.2 Å². The Kier molecular flexibility index (Phi) is 4.24. The number of rotatable bonds is 2. The van der Waals surface area contributed by atoms with Crippen molar-refractivity contribution in [2.45, 2.75) is 44.8 Å². The summed E-state index contributed by atoms with van der Waals surface area (Å²) in [6.45, 7) is 6.77. The lowest BCUT2D eigenvalue weighted by Gasteiger charge is -2.52. The van der Waals surface area contributed by atoms with Gasteiger partial charge in [-0.15, -0.1) is 0 Å². The van der Waals surface area contributed by atoms with Gasteiger partial charge in [0.2, 0.25) is 0 Å². The average molecular weight is 282 g/mol. The van der Waals surface area contributed by atoms with Crippen LogP contribution < -0.4 is 17.3 Å². The minimum absolute atomic E-state index is 0. The van der Waals surface area contributed by atoms with E-state index in [2.05, 4.69) is 38.1 Å². The molecular formula is C16H24ClNO. The molecule has 1 aromatic carbocycles. The molecule has 3 rings (SSSR count). The Hall–Kier alpha value is -0.570. The summed E-state index contributed by atoms with van der Waals surface area (Å²) in [6.07, 6.45) is 3.81. The normalized spacial score (nSPS) is 34.7. The van der Waals surface area contributed by atoms with Gasteiger partial charge in [-0.2, -0.15) is 0 Å². The summed E-state index contributed by atoms with van der Waals surface area (Å²) in [5.41, 5.74) is 1.79. The Morgan fingerprint density at radius 1 is 1.16 bits per heavy atom. The standard InChI is InChI=1S/C16H23NO.ClH/c1-12-5-7-14(8-6-12)16(18)13(2)11-15(16)17-9-3-4-10-17;/h5-8,13,15,18H,3-4,9-11H2,1-2H3;1H. The van der Waals surface area contributed by atoms with Gasteiger partial charge in [-0.1, -0.05) is 36.8 Å². The fraction of sp³-hybridized carbons (Fsp3) is 0.625. The van der Waals surface area contributed by atoms with Crippen molar-refractivity contribution in [1.29, 1.82) is 0 Å². The minimum Gasteiger partial charge on any atom is -1.00 e. The number of quaternary nitrogens is 1. The Labute approximate surface area is 122 Å². The highest BCUT2D eigenvalue weighted by molar-refractivity contribution is 5.31. The summed E-state index contributed by atoms with van der Waals surface area (Å²) >= 11 is 0. The molecule has 1 aliphatic carbocycles. The van der Waals surface area contributed by atoms with Gasteiger partial charge >= 0.3 is 0 Å². The molecule has 0 amide bonds. The molecule has 3 atom stereocenters. The van der Waals surface area contributed by atoms with Gasteiger partial charge < -0.3 is 22.4 Å². The van der Waals surface area contributed by atoms with E-state index in [4.69, 9.17) is 0 Å². The van der Waals surface area contributed by atoms with Crippen molar-refractivity contribution in [3.8, 4) is 0 Å². The molecule has 2 fully saturated rings. The summed E-state index contributed by atoms with van der Waals surface area (Å²) in [5.74, 6) is 0.387. The van der Waals surface area contributed by atoms with Gasteiger partial charge in [0.25, 0.3) is 0 Å². The topological polar surface area (TPSA) is 24.7 Å². The number of likely N-dealkylation sites (tertiary alicyclic amines) is 1. The van der Waals surface area contributed by atoms with Crippen LogP contribution in [0.1, 0.15) is 37.3 Å². The van der Waals surface area contributed by atoms with Crippen LogP contribution in [0.2, 0.25) is 0 Å². The fourth-order valence-electron chi connectivity index (χ4n) is 3.86. The van der Waals surface area contributed by atoms with Crippen molar-refractivity contribution >= 4 is 0 Å². The Balaban J connectivity index is 0.00000133. The first kappa shape index (κ1) is 14.8. The molecule has 1 heterocycles. The van der Waals surface area contributed by atoms with E-state index in [9.17, 15) is 5.11 Å². The van der Waals surface area contributed by atoms with Gasteiger partial charge in [-0.3, -0.25) is 0 Å². The second-order valence-electron chi connectivity index (χ2n) is 6.25. The molecule has 1 saturated carbocycles. The first-order valence-electron chi connectivity index (χ1n) is 7.26. The number of hydrogen-bond donors (Lipinski definition) is 2. The maximum absolute atomic E-state index is 11.1. The van der Waals surface area contributed by atoms with E-state index < -0.39 is 5.60 Å². The van der Waals surface area contributed by atoms with Crippen molar-refractivity contribution in [3.63, 3.8) is 0 Å². The first-order valence-corrected chi connectivity index (χ1v) is 7.26. The van der Waals surface area contributed by atoms with Crippen LogP contribution in [0.25, 0.3) is 0 Å². The highest BCUT2D eigenvalue weighted by Crippen LogP contribution is 2.45. The second kappa shape index (κ2) is 5.43. The summed E-state index contributed by atoms with van der Waals surface area (Å²) in [4.78, 5) is 1.62. The summed E-state index contributed by atoms with van der Waals surface area (Å²) < 4.78 is 0. The summed E-state index contributed by atoms with van der Waals surface area (Å²) in [5, 5.41) is 11.1. The smallest absolute Gasteiger partial charge is 0.144 e. The van der Waals surface area contributed by atoms with E-state index in [0.717, 1.165) is 5.56 Å². The van der Waals surface area contributed by atoms with Gasteiger partial charge in [0.1, 0.15) is 11.6 Å². The van der Waals surface area contributed by atoms with Crippen LogP contribution in [0.5, 0.6) is 0 Å². The third kappa shape index (κ3) is 2.31. The molecule has 19 heavy (non-hydrogen) atoms. The van der Waals surface area contributed by atoms with Gasteiger partial charge in [0, 0.05) is 25.2 Å². The molecule has 2 nitrogen and oxygen atoms in total. The Morgan fingerprint density at radius 3 is 2.26 bits per heavy atom. The van der Waals surface area contributed by atoms with E-state index in [0.29, 0.717) is 12.0 Å². The quantitative estimate of drug-likeness (QED) is 0.662. The molecule has 1 aromatic rings. The molecule has 2 aliphatic rings. The Morgan fingerprint density at radius 2 is 1.74 bits per heavy atom. The number of benzene rings is 1. The molecule has 0 radical (unpaired) electrons. The van der Waals surface area contributed by atoms with E-state index >= 15 is 0 Å². The highest BCUT2D eigenvalue weighted by Gasteiger charge is 2.58. The summed E-state index contributed by atoms with van der Waals surface area (Å²) in [6, 6.07) is 8.89. The van der Waals surface area contributed by atoms with Crippen LogP contribution in [0.3, 0.4) is 0 Å². The highest BCUT2D eigenvalue weighted by atomic mass is 35.5. The number of nitrogens with one attached hydrogen (secondary N) is 1. The number of aliphatic hydroxyl groups is 1. The van der Waals surface area contributed by atoms with Crippen LogP contribution in [-0.2, 0) is 5.60 Å². The molecule has 106 valence electrons. The van der Waals surface area contributed by atoms with E-state index in [1.165, 1.54) is 37.9 Å². The van der Waals surface area contributed by atoms with Gasteiger partial charge in [-0.05, 0) is 12.5 Å². The number of aryl methyl sites for hydroxylation is 1. The van der Waals surface area contributed by atoms with Crippen LogP contribution in [0.4, 0.5) is 0 Å². The van der Waals surface area contributed by atoms with Gasteiger partial charge in [-0.25, -0.2) is 0 Å². The third-order valence-corrected chi connectivity index (χ3v) is 5.12. The number of hydrogen-bond acceptors (Lipinski definition) is 1. The SMILES string of the molecule is Cc1ccc(C2(O)C(C)CC2[NH+]2CCCC2)cc1.[Cl-]. The van der Waals surface area contributed by atoms with Crippen molar-refractivity contribution in [2.24, 2.45) is 5.92 Å². The lowest BCUT2D eigenvalue weighted by molar-refractivity contribution is -0.932. The van der Waals surface area contributed by atoms with Crippen molar-refractivity contribution in [2.75, 3.05) is 13.1 Å². The molecule has 3 heteroatoms.